The molecule has 1 aromatic carbocycles. The monoisotopic (exact) mass is 847 g/mol. The number of carbonyl (C=O) groups excluding carboxylic acids is 4. The Hall–Kier alpha value is -3.00. The molecule has 1 fully saturated rings. The predicted octanol–water partition coefficient (Wildman–Crippen LogP) is 8.25. The highest BCUT2D eigenvalue weighted by Crippen LogP contribution is 2.39. The first-order valence-corrected chi connectivity index (χ1v) is 25.0. The van der Waals surface area contributed by atoms with E-state index in [1.807, 2.05) is 39.0 Å². The van der Waals surface area contributed by atoms with Crippen LogP contribution in [0.5, 0.6) is 5.75 Å². The highest BCUT2D eigenvalue weighted by molar-refractivity contribution is 6.74. The van der Waals surface area contributed by atoms with Gasteiger partial charge in [-0.2, -0.15) is 0 Å². The van der Waals surface area contributed by atoms with Gasteiger partial charge < -0.3 is 39.5 Å². The second kappa shape index (κ2) is 24.4. The molecule has 2 rings (SSSR count). The Morgan fingerprint density at radius 2 is 1.51 bits per heavy atom. The summed E-state index contributed by atoms with van der Waals surface area (Å²) < 4.78 is 24.2. The number of alkyl carbamates (subject to hydrolysis) is 1. The molecular formula is C46H82N4O8Si. The van der Waals surface area contributed by atoms with Crippen molar-refractivity contribution in [1.29, 1.82) is 0 Å². The number of nitrogens with zero attached hydrogens (tertiary/aromatic N) is 1. The number of unbranched alkanes of at least 4 members (excludes halogenated alkanes) is 1. The third kappa shape index (κ3) is 18.7. The molecule has 0 saturated carbocycles. The second-order valence-corrected chi connectivity index (χ2v) is 24.5. The Kier molecular flexibility index (Phi) is 21.6. The van der Waals surface area contributed by atoms with E-state index in [4.69, 9.17) is 18.6 Å². The lowest BCUT2D eigenvalue weighted by molar-refractivity contribution is -0.127. The van der Waals surface area contributed by atoms with Gasteiger partial charge in [0.15, 0.2) is 8.32 Å². The standard InChI is InChI=1S/C46H82N4O8Si/c1-32(2)36(31-48-42(52)37-19-15-16-20-40(37)56-28-18-17-27-55-12)29-39(49-44(54)57-45(6,7)8)41(58-59(13,14)46(9,10)11)30-38(33(3)4)43(53)47-23-26-50-24-21-35(22-25-50)34(5)51/h15-16,19-20,32-33,35-36,38-39,41H,17-18,21-31H2,1-14H3,(H,47,53)(H,48,52)(H,49,54)/t36-,38+,39+,41+/m1/s1. The Morgan fingerprint density at radius 1 is 0.881 bits per heavy atom. The van der Waals surface area contributed by atoms with Gasteiger partial charge in [0, 0.05) is 45.2 Å². The maximum absolute atomic E-state index is 14.1. The first-order chi connectivity index (χ1) is 27.5. The number of piperidine rings is 1. The lowest BCUT2D eigenvalue weighted by atomic mass is 9.82. The van der Waals surface area contributed by atoms with Crippen LogP contribution < -0.4 is 20.7 Å². The normalized spacial score (nSPS) is 16.6. The van der Waals surface area contributed by atoms with Crippen molar-refractivity contribution in [3.05, 3.63) is 29.8 Å². The molecular weight excluding hydrogens is 765 g/mol. The first-order valence-electron chi connectivity index (χ1n) is 22.1. The first kappa shape index (κ1) is 52.1. The number of likely N-dealkylation sites (tertiary alicyclic amines) is 1. The van der Waals surface area contributed by atoms with Crippen LogP contribution in [0.15, 0.2) is 24.3 Å². The molecule has 1 aliphatic heterocycles. The van der Waals surface area contributed by atoms with E-state index in [-0.39, 0.29) is 52.2 Å². The highest BCUT2D eigenvalue weighted by atomic mass is 28.4. The summed E-state index contributed by atoms with van der Waals surface area (Å²) in [6.45, 7) is 30.9. The van der Waals surface area contributed by atoms with Gasteiger partial charge in [-0.05, 0) is 127 Å². The second-order valence-electron chi connectivity index (χ2n) is 19.8. The molecule has 4 atom stereocenters. The van der Waals surface area contributed by atoms with E-state index in [0.29, 0.717) is 50.5 Å². The van der Waals surface area contributed by atoms with Crippen molar-refractivity contribution in [3.8, 4) is 5.75 Å². The number of rotatable bonds is 24. The Balaban J connectivity index is 2.40. The maximum atomic E-state index is 14.1. The number of benzene rings is 1. The van der Waals surface area contributed by atoms with Gasteiger partial charge in [-0.15, -0.1) is 0 Å². The van der Waals surface area contributed by atoms with Crippen LogP contribution in [0.1, 0.15) is 125 Å². The third-order valence-electron chi connectivity index (χ3n) is 12.1. The molecule has 0 radical (unpaired) electrons. The summed E-state index contributed by atoms with van der Waals surface area (Å²) in [7, 11) is -0.779. The molecule has 3 N–H and O–H groups in total. The average Bonchev–Trinajstić information content (AvgIpc) is 3.13. The fourth-order valence-electron chi connectivity index (χ4n) is 7.12. The number of ether oxygens (including phenoxy) is 3. The third-order valence-corrected chi connectivity index (χ3v) is 16.6. The van der Waals surface area contributed by atoms with E-state index in [1.54, 1.807) is 20.1 Å². The largest absolute Gasteiger partial charge is 0.493 e. The summed E-state index contributed by atoms with van der Waals surface area (Å²) in [5.74, 6) is 0.332. The van der Waals surface area contributed by atoms with Crippen LogP contribution in [-0.4, -0.2) is 108 Å². The summed E-state index contributed by atoms with van der Waals surface area (Å²) in [5, 5.41) is 9.47. The average molecular weight is 847 g/mol. The van der Waals surface area contributed by atoms with Gasteiger partial charge in [-0.25, -0.2) is 4.79 Å². The van der Waals surface area contributed by atoms with Crippen LogP contribution in [0.3, 0.4) is 0 Å². The van der Waals surface area contributed by atoms with E-state index in [2.05, 4.69) is 82.4 Å². The van der Waals surface area contributed by atoms with Crippen molar-refractivity contribution in [2.24, 2.45) is 29.6 Å². The zero-order chi connectivity index (χ0) is 44.6. The van der Waals surface area contributed by atoms with Crippen molar-refractivity contribution in [3.63, 3.8) is 0 Å². The number of Topliss-reactive ketones (excluding diaryl/α,β-unsaturated/α-hetero) is 1. The number of nitrogens with one attached hydrogen (secondary N) is 3. The minimum Gasteiger partial charge on any atom is -0.493 e. The Bertz CT molecular complexity index is 1450. The van der Waals surface area contributed by atoms with Crippen LogP contribution in [0, 0.1) is 29.6 Å². The van der Waals surface area contributed by atoms with Gasteiger partial charge in [0.1, 0.15) is 17.1 Å². The smallest absolute Gasteiger partial charge is 0.407 e. The van der Waals surface area contributed by atoms with Gasteiger partial charge in [-0.1, -0.05) is 60.6 Å². The molecule has 1 heterocycles. The molecule has 0 unspecified atom stereocenters. The zero-order valence-corrected chi connectivity index (χ0v) is 40.3. The van der Waals surface area contributed by atoms with Crippen molar-refractivity contribution in [1.82, 2.24) is 20.9 Å². The van der Waals surface area contributed by atoms with Crippen LogP contribution >= 0.6 is 0 Å². The van der Waals surface area contributed by atoms with Gasteiger partial charge in [-0.3, -0.25) is 14.4 Å². The molecule has 0 bridgehead atoms. The zero-order valence-electron chi connectivity index (χ0n) is 39.3. The summed E-state index contributed by atoms with van der Waals surface area (Å²) >= 11 is 0. The molecule has 3 amide bonds. The molecule has 1 aliphatic rings. The number of carbonyl (C=O) groups is 4. The van der Waals surface area contributed by atoms with Crippen molar-refractivity contribution in [2.45, 2.75) is 151 Å². The number of para-hydroxylation sites is 1. The van der Waals surface area contributed by atoms with Gasteiger partial charge >= 0.3 is 6.09 Å². The molecule has 59 heavy (non-hydrogen) atoms. The molecule has 0 aliphatic carbocycles. The van der Waals surface area contributed by atoms with Gasteiger partial charge in [0.25, 0.3) is 5.91 Å². The molecule has 1 aromatic rings. The Labute approximate surface area is 358 Å². The molecule has 338 valence electrons. The number of ketones is 1. The summed E-state index contributed by atoms with van der Waals surface area (Å²) in [6.07, 6.45) is 3.20. The fraction of sp³-hybridized carbons (Fsp3) is 0.783. The predicted molar refractivity (Wildman–Crippen MR) is 239 cm³/mol. The van der Waals surface area contributed by atoms with E-state index in [0.717, 1.165) is 45.3 Å². The van der Waals surface area contributed by atoms with E-state index in [1.165, 1.54) is 0 Å². The minimum atomic E-state index is -2.46. The molecule has 0 spiro atoms. The number of hydrogen-bond donors (Lipinski definition) is 3. The van der Waals surface area contributed by atoms with Crippen LogP contribution in [0.4, 0.5) is 4.79 Å². The fourth-order valence-corrected chi connectivity index (χ4v) is 8.49. The van der Waals surface area contributed by atoms with Crippen molar-refractivity contribution >= 4 is 32.0 Å². The summed E-state index contributed by atoms with van der Waals surface area (Å²) in [6, 6.07) is 6.75. The SMILES string of the molecule is COCCCCOc1ccccc1C(=O)NC[C@@H](C[C@H](NC(=O)OC(C)(C)C)[C@H](C[C@H](C(=O)NCCN1CCC(C(C)=O)CC1)C(C)C)O[Si](C)(C)C(C)(C)C)C(C)C. The van der Waals surface area contributed by atoms with Crippen molar-refractivity contribution < 1.29 is 37.8 Å². The molecule has 1 saturated heterocycles. The van der Waals surface area contributed by atoms with E-state index < -0.39 is 32.2 Å². The number of amides is 3. The summed E-state index contributed by atoms with van der Waals surface area (Å²) in [5.41, 5.74) is -0.257. The maximum Gasteiger partial charge on any atom is 0.407 e. The summed E-state index contributed by atoms with van der Waals surface area (Å²) in [4.78, 5) is 55.7. The Morgan fingerprint density at radius 3 is 2.07 bits per heavy atom. The van der Waals surface area contributed by atoms with Crippen LogP contribution in [-0.2, 0) is 23.5 Å². The quantitative estimate of drug-likeness (QED) is 0.0692. The number of hydrogen-bond acceptors (Lipinski definition) is 9. The van der Waals surface area contributed by atoms with Crippen LogP contribution in [0.2, 0.25) is 18.1 Å². The molecule has 12 nitrogen and oxygen atoms in total. The van der Waals surface area contributed by atoms with Crippen LogP contribution in [0.25, 0.3) is 0 Å². The molecule has 13 heteroatoms. The van der Waals surface area contributed by atoms with Gasteiger partial charge in [0.05, 0.1) is 24.3 Å². The lowest BCUT2D eigenvalue weighted by Crippen LogP contribution is -2.55. The van der Waals surface area contributed by atoms with Gasteiger partial charge in [0.2, 0.25) is 5.91 Å². The minimum absolute atomic E-state index is 0.00328. The lowest BCUT2D eigenvalue weighted by Gasteiger charge is -2.43. The molecule has 0 aromatic heterocycles. The topological polar surface area (TPSA) is 145 Å². The van der Waals surface area contributed by atoms with E-state index in [9.17, 15) is 19.2 Å². The van der Waals surface area contributed by atoms with E-state index >= 15 is 0 Å². The highest BCUT2D eigenvalue weighted by Gasteiger charge is 2.43. The number of methoxy groups -OCH3 is 1. The van der Waals surface area contributed by atoms with Crippen molar-refractivity contribution in [2.75, 3.05) is 53.0 Å².